The molecule has 1 heterocycles. The molecule has 1 rings (SSSR count). The van der Waals surface area contributed by atoms with Gasteiger partial charge in [-0.05, 0) is 30.4 Å². The van der Waals surface area contributed by atoms with E-state index in [4.69, 9.17) is 4.74 Å². The lowest BCUT2D eigenvalue weighted by atomic mass is 10.2. The molecule has 1 N–H and O–H groups in total. The van der Waals surface area contributed by atoms with Crippen molar-refractivity contribution in [3.05, 3.63) is 21.9 Å². The van der Waals surface area contributed by atoms with Gasteiger partial charge in [-0.3, -0.25) is 0 Å². The van der Waals surface area contributed by atoms with Crippen molar-refractivity contribution < 1.29 is 4.74 Å². The minimum atomic E-state index is 0.487. The van der Waals surface area contributed by atoms with Crippen molar-refractivity contribution in [2.24, 2.45) is 0 Å². The van der Waals surface area contributed by atoms with E-state index in [2.05, 4.69) is 30.6 Å². The van der Waals surface area contributed by atoms with Gasteiger partial charge in [-0.15, -0.1) is 11.3 Å². The standard InChI is InChI=1S/C12H21NOS/c1-4-5-11(9-14-3)13-8-12-10(2)6-7-15-12/h6-7,11,13H,4-5,8-9H2,1-3H3. The predicted molar refractivity (Wildman–Crippen MR) is 66.5 cm³/mol. The highest BCUT2D eigenvalue weighted by molar-refractivity contribution is 7.10. The Bertz CT molecular complexity index is 266. The fraction of sp³-hybridized carbons (Fsp3) is 0.667. The summed E-state index contributed by atoms with van der Waals surface area (Å²) in [6.45, 7) is 6.15. The first-order chi connectivity index (χ1) is 7.27. The van der Waals surface area contributed by atoms with Gasteiger partial charge in [0.2, 0.25) is 0 Å². The van der Waals surface area contributed by atoms with E-state index in [1.165, 1.54) is 23.3 Å². The number of rotatable bonds is 7. The fourth-order valence-corrected chi connectivity index (χ4v) is 2.47. The fourth-order valence-electron chi connectivity index (χ4n) is 1.62. The van der Waals surface area contributed by atoms with Crippen molar-refractivity contribution in [2.45, 2.75) is 39.3 Å². The van der Waals surface area contributed by atoms with E-state index in [-0.39, 0.29) is 0 Å². The van der Waals surface area contributed by atoms with Crippen LogP contribution in [0.2, 0.25) is 0 Å². The largest absolute Gasteiger partial charge is 0.383 e. The highest BCUT2D eigenvalue weighted by atomic mass is 32.1. The van der Waals surface area contributed by atoms with Gasteiger partial charge < -0.3 is 10.1 Å². The smallest absolute Gasteiger partial charge is 0.0615 e. The molecule has 0 amide bonds. The number of hydrogen-bond acceptors (Lipinski definition) is 3. The Morgan fingerprint density at radius 1 is 1.53 bits per heavy atom. The lowest BCUT2D eigenvalue weighted by Crippen LogP contribution is -2.32. The maximum atomic E-state index is 5.20. The lowest BCUT2D eigenvalue weighted by molar-refractivity contribution is 0.161. The van der Waals surface area contributed by atoms with Gasteiger partial charge in [-0.1, -0.05) is 13.3 Å². The molecule has 0 saturated carbocycles. The van der Waals surface area contributed by atoms with Gasteiger partial charge in [0.1, 0.15) is 0 Å². The molecule has 0 aliphatic rings. The Morgan fingerprint density at radius 3 is 2.87 bits per heavy atom. The number of ether oxygens (including phenoxy) is 1. The van der Waals surface area contributed by atoms with Crippen LogP contribution in [0.3, 0.4) is 0 Å². The summed E-state index contributed by atoms with van der Waals surface area (Å²) in [5.74, 6) is 0. The molecule has 1 unspecified atom stereocenters. The van der Waals surface area contributed by atoms with E-state index < -0.39 is 0 Å². The first-order valence-corrected chi connectivity index (χ1v) is 6.41. The van der Waals surface area contributed by atoms with Crippen molar-refractivity contribution in [2.75, 3.05) is 13.7 Å². The number of methoxy groups -OCH3 is 1. The predicted octanol–water partition coefficient (Wildman–Crippen LogP) is 2.96. The van der Waals surface area contributed by atoms with Crippen LogP contribution in [0, 0.1) is 6.92 Å². The Kier molecular flexibility index (Phi) is 5.91. The van der Waals surface area contributed by atoms with Crippen LogP contribution in [0.25, 0.3) is 0 Å². The quantitative estimate of drug-likeness (QED) is 0.773. The third kappa shape index (κ3) is 4.33. The number of hydrogen-bond donors (Lipinski definition) is 1. The molecule has 0 aromatic carbocycles. The molecule has 1 atom stereocenters. The van der Waals surface area contributed by atoms with Gasteiger partial charge in [0, 0.05) is 24.6 Å². The zero-order valence-corrected chi connectivity index (χ0v) is 10.7. The molecule has 1 aromatic heterocycles. The van der Waals surface area contributed by atoms with Crippen LogP contribution in [-0.2, 0) is 11.3 Å². The van der Waals surface area contributed by atoms with Crippen LogP contribution >= 0.6 is 11.3 Å². The Labute approximate surface area is 96.7 Å². The van der Waals surface area contributed by atoms with Crippen molar-refractivity contribution in [1.82, 2.24) is 5.32 Å². The van der Waals surface area contributed by atoms with E-state index in [0.29, 0.717) is 6.04 Å². The monoisotopic (exact) mass is 227 g/mol. The zero-order valence-electron chi connectivity index (χ0n) is 9.88. The molecule has 0 spiro atoms. The molecule has 2 nitrogen and oxygen atoms in total. The third-order valence-corrected chi connectivity index (χ3v) is 3.55. The molecule has 3 heteroatoms. The highest BCUT2D eigenvalue weighted by Crippen LogP contribution is 2.15. The molecule has 0 fully saturated rings. The maximum Gasteiger partial charge on any atom is 0.0615 e. The normalized spacial score (nSPS) is 13.0. The van der Waals surface area contributed by atoms with E-state index in [1.807, 2.05) is 11.3 Å². The van der Waals surface area contributed by atoms with E-state index in [9.17, 15) is 0 Å². The number of nitrogens with one attached hydrogen (secondary N) is 1. The second-order valence-electron chi connectivity index (χ2n) is 3.85. The Balaban J connectivity index is 2.36. The summed E-state index contributed by atoms with van der Waals surface area (Å²) in [6, 6.07) is 2.66. The average Bonchev–Trinajstić information content (AvgIpc) is 2.61. The van der Waals surface area contributed by atoms with Crippen LogP contribution in [0.5, 0.6) is 0 Å². The Hall–Kier alpha value is -0.380. The van der Waals surface area contributed by atoms with Crippen molar-refractivity contribution in [1.29, 1.82) is 0 Å². The van der Waals surface area contributed by atoms with Crippen LogP contribution in [0.15, 0.2) is 11.4 Å². The molecule has 0 saturated heterocycles. The highest BCUT2D eigenvalue weighted by Gasteiger charge is 2.07. The SMILES string of the molecule is CCCC(COC)NCc1sccc1C. The minimum Gasteiger partial charge on any atom is -0.383 e. The van der Waals surface area contributed by atoms with Crippen LogP contribution < -0.4 is 5.32 Å². The van der Waals surface area contributed by atoms with Crippen molar-refractivity contribution in [3.63, 3.8) is 0 Å². The summed E-state index contributed by atoms with van der Waals surface area (Å²) in [4.78, 5) is 1.44. The second kappa shape index (κ2) is 6.99. The van der Waals surface area contributed by atoms with Gasteiger partial charge >= 0.3 is 0 Å². The van der Waals surface area contributed by atoms with Gasteiger partial charge in [-0.25, -0.2) is 0 Å². The van der Waals surface area contributed by atoms with E-state index in [0.717, 1.165) is 13.2 Å². The molecule has 0 aliphatic heterocycles. The second-order valence-corrected chi connectivity index (χ2v) is 4.85. The molecule has 15 heavy (non-hydrogen) atoms. The lowest BCUT2D eigenvalue weighted by Gasteiger charge is -2.16. The zero-order chi connectivity index (χ0) is 11.1. The van der Waals surface area contributed by atoms with Crippen molar-refractivity contribution in [3.8, 4) is 0 Å². The summed E-state index contributed by atoms with van der Waals surface area (Å²) < 4.78 is 5.20. The molecule has 0 aliphatic carbocycles. The third-order valence-electron chi connectivity index (χ3n) is 2.52. The van der Waals surface area contributed by atoms with Crippen LogP contribution in [-0.4, -0.2) is 19.8 Å². The summed E-state index contributed by atoms with van der Waals surface area (Å²) in [5, 5.41) is 5.70. The van der Waals surface area contributed by atoms with E-state index >= 15 is 0 Å². The van der Waals surface area contributed by atoms with Crippen LogP contribution in [0.1, 0.15) is 30.2 Å². The van der Waals surface area contributed by atoms with Crippen molar-refractivity contribution >= 4 is 11.3 Å². The van der Waals surface area contributed by atoms with Crippen LogP contribution in [0.4, 0.5) is 0 Å². The summed E-state index contributed by atoms with van der Waals surface area (Å²) in [6.07, 6.45) is 2.38. The number of thiophene rings is 1. The summed E-state index contributed by atoms with van der Waals surface area (Å²) in [7, 11) is 1.76. The van der Waals surface area contributed by atoms with E-state index in [1.54, 1.807) is 7.11 Å². The Morgan fingerprint density at radius 2 is 2.33 bits per heavy atom. The molecule has 86 valence electrons. The molecular weight excluding hydrogens is 206 g/mol. The van der Waals surface area contributed by atoms with Gasteiger partial charge in [0.15, 0.2) is 0 Å². The minimum absolute atomic E-state index is 0.487. The maximum absolute atomic E-state index is 5.20. The first kappa shape index (κ1) is 12.7. The molecule has 0 bridgehead atoms. The first-order valence-electron chi connectivity index (χ1n) is 5.53. The molecule has 1 aromatic rings. The molecular formula is C12H21NOS. The summed E-state index contributed by atoms with van der Waals surface area (Å²) >= 11 is 1.82. The molecule has 0 radical (unpaired) electrons. The number of aryl methyl sites for hydroxylation is 1. The van der Waals surface area contributed by atoms with Gasteiger partial charge in [0.05, 0.1) is 6.61 Å². The van der Waals surface area contributed by atoms with Gasteiger partial charge in [0.25, 0.3) is 0 Å². The van der Waals surface area contributed by atoms with Gasteiger partial charge in [-0.2, -0.15) is 0 Å². The topological polar surface area (TPSA) is 21.3 Å². The summed E-state index contributed by atoms with van der Waals surface area (Å²) in [5.41, 5.74) is 1.39. The average molecular weight is 227 g/mol.